The van der Waals surface area contributed by atoms with Gasteiger partial charge in [-0.1, -0.05) is 25.3 Å². The van der Waals surface area contributed by atoms with Gasteiger partial charge in [-0.2, -0.15) is 5.10 Å². The first-order valence-electron chi connectivity index (χ1n) is 16.0. The second-order valence-corrected chi connectivity index (χ2v) is 14.1. The zero-order valence-corrected chi connectivity index (χ0v) is 26.3. The Morgan fingerprint density at radius 1 is 1.07 bits per heavy atom. The van der Waals surface area contributed by atoms with Gasteiger partial charge in [0.15, 0.2) is 11.6 Å². The molecule has 1 saturated heterocycles. The summed E-state index contributed by atoms with van der Waals surface area (Å²) in [4.78, 5) is 24.9. The van der Waals surface area contributed by atoms with Crippen molar-refractivity contribution in [2.45, 2.75) is 75.3 Å². The van der Waals surface area contributed by atoms with Crippen molar-refractivity contribution in [1.82, 2.24) is 25.1 Å². The van der Waals surface area contributed by atoms with Crippen LogP contribution in [0.25, 0.3) is 39.0 Å². The molecule has 0 bridgehead atoms. The van der Waals surface area contributed by atoms with Gasteiger partial charge < -0.3 is 16.4 Å². The molecule has 1 aliphatic heterocycles. The fourth-order valence-corrected chi connectivity index (χ4v) is 8.45. The second-order valence-electron chi connectivity index (χ2n) is 14.1. The lowest BCUT2D eigenvalue weighted by Crippen LogP contribution is -2.64. The predicted octanol–water partition coefficient (Wildman–Crippen LogP) is 6.03. The summed E-state index contributed by atoms with van der Waals surface area (Å²) in [5, 5.41) is 8.74. The Morgan fingerprint density at radius 2 is 1.78 bits per heavy atom. The Kier molecular flexibility index (Phi) is 7.07. The number of halogens is 1. The van der Waals surface area contributed by atoms with Gasteiger partial charge in [-0.15, -0.1) is 0 Å². The third-order valence-electron chi connectivity index (χ3n) is 11.1. The van der Waals surface area contributed by atoms with Crippen molar-refractivity contribution in [3.63, 3.8) is 0 Å². The Morgan fingerprint density at radius 3 is 2.44 bits per heavy atom. The van der Waals surface area contributed by atoms with Crippen molar-refractivity contribution in [3.8, 4) is 11.1 Å². The number of rotatable bonds is 6. The van der Waals surface area contributed by atoms with Crippen LogP contribution in [0.15, 0.2) is 43.6 Å². The smallest absolute Gasteiger partial charge is 0.174 e. The van der Waals surface area contributed by atoms with E-state index in [-0.39, 0.29) is 22.9 Å². The van der Waals surface area contributed by atoms with Crippen LogP contribution in [0.3, 0.4) is 0 Å². The molecule has 1 spiro atoms. The predicted molar refractivity (Wildman–Crippen MR) is 177 cm³/mol. The van der Waals surface area contributed by atoms with E-state index in [0.29, 0.717) is 59.2 Å². The fraction of sp³-hybridized carbons (Fsp3) is 0.444. The molecule has 234 valence electrons. The summed E-state index contributed by atoms with van der Waals surface area (Å²) in [6, 6.07) is 5.92. The Bertz CT molecular complexity index is 1850. The van der Waals surface area contributed by atoms with Gasteiger partial charge in [0, 0.05) is 22.3 Å². The lowest BCUT2D eigenvalue weighted by atomic mass is 9.49. The number of hydrogen-bond acceptors (Lipinski definition) is 7. The van der Waals surface area contributed by atoms with Gasteiger partial charge in [0.25, 0.3) is 0 Å². The van der Waals surface area contributed by atoms with Crippen LogP contribution in [0.1, 0.15) is 79.9 Å². The quantitative estimate of drug-likeness (QED) is 0.228. The van der Waals surface area contributed by atoms with Gasteiger partial charge in [0.05, 0.1) is 28.5 Å². The van der Waals surface area contributed by atoms with Crippen molar-refractivity contribution in [2.75, 3.05) is 20.1 Å². The number of aryl methyl sites for hydroxylation is 1. The lowest BCUT2D eigenvalue weighted by Gasteiger charge is -2.57. The summed E-state index contributed by atoms with van der Waals surface area (Å²) < 4.78 is 17.2. The van der Waals surface area contributed by atoms with Gasteiger partial charge in [0.1, 0.15) is 11.3 Å². The molecule has 8 nitrogen and oxygen atoms in total. The zero-order chi connectivity index (χ0) is 31.7. The minimum atomic E-state index is -0.826. The molecular formula is C36H42FN7O. The summed E-state index contributed by atoms with van der Waals surface area (Å²) in [6.45, 7) is 11.6. The maximum atomic E-state index is 17.2. The SMILES string of the molecule is C=CC(=O)C1(N)CC2(CCC(N)(c3nc(C4CCN(C)CC4)nc4c(F)c(-c5c(C)ccc6[nH]ncc56)c(C=C)cc34)CC2)C1. The molecule has 2 aliphatic carbocycles. The van der Waals surface area contributed by atoms with E-state index < -0.39 is 11.1 Å². The largest absolute Gasteiger partial charge is 0.320 e. The fourth-order valence-electron chi connectivity index (χ4n) is 8.45. The molecule has 0 atom stereocenters. The van der Waals surface area contributed by atoms with E-state index >= 15 is 4.39 Å². The number of nitrogens with zero attached hydrogens (tertiary/aromatic N) is 4. The van der Waals surface area contributed by atoms with Gasteiger partial charge in [-0.3, -0.25) is 9.89 Å². The number of carbonyl (C=O) groups excluding carboxylic acids is 1. The number of hydrogen-bond donors (Lipinski definition) is 3. The van der Waals surface area contributed by atoms with Crippen LogP contribution in [-0.2, 0) is 10.3 Å². The van der Waals surface area contributed by atoms with Crippen molar-refractivity contribution < 1.29 is 9.18 Å². The molecule has 2 saturated carbocycles. The van der Waals surface area contributed by atoms with E-state index in [1.807, 2.05) is 25.1 Å². The average molecular weight is 608 g/mol. The molecule has 0 amide bonds. The number of nitrogens with one attached hydrogen (secondary N) is 1. The highest BCUT2D eigenvalue weighted by atomic mass is 19.1. The number of piperidine rings is 1. The molecule has 2 aromatic heterocycles. The van der Waals surface area contributed by atoms with E-state index in [0.717, 1.165) is 60.8 Å². The van der Waals surface area contributed by atoms with Gasteiger partial charge >= 0.3 is 0 Å². The number of nitrogens with two attached hydrogens (primary N) is 2. The molecule has 9 heteroatoms. The van der Waals surface area contributed by atoms with Crippen LogP contribution in [0, 0.1) is 18.2 Å². The molecule has 0 radical (unpaired) electrons. The van der Waals surface area contributed by atoms with Crippen LogP contribution in [0.2, 0.25) is 0 Å². The van der Waals surface area contributed by atoms with E-state index in [1.165, 1.54) is 6.08 Å². The summed E-state index contributed by atoms with van der Waals surface area (Å²) in [7, 11) is 2.12. The standard InChI is InChI=1S/C36H42FN7O/c1-5-22-17-24-31(30(37)29(22)28-21(3)7-8-26-25(28)18-40-43-26)41-33(23-9-15-44(4)16-10-23)42-32(24)35(38)13-11-34(12-14-35)19-36(39,20-34)27(45)6-2/h5-8,17-18,23H,1-2,9-16,19-20,38-39H2,3-4H3,(H,40,43). The first kappa shape index (κ1) is 29.9. The maximum Gasteiger partial charge on any atom is 0.174 e. The average Bonchev–Trinajstić information content (AvgIpc) is 3.50. The number of aromatic nitrogens is 4. The normalized spacial score (nSPS) is 27.6. The van der Waals surface area contributed by atoms with E-state index in [1.54, 1.807) is 12.3 Å². The molecule has 3 aliphatic rings. The molecule has 45 heavy (non-hydrogen) atoms. The van der Waals surface area contributed by atoms with E-state index in [4.69, 9.17) is 21.4 Å². The molecule has 3 heterocycles. The Hall–Kier alpha value is -3.79. The highest BCUT2D eigenvalue weighted by Crippen LogP contribution is 2.59. The molecule has 2 aromatic carbocycles. The second kappa shape index (κ2) is 10.6. The number of fused-ring (bicyclic) bond motifs is 2. The minimum absolute atomic E-state index is 0.0125. The summed E-state index contributed by atoms with van der Waals surface area (Å²) in [5.41, 5.74) is 16.9. The van der Waals surface area contributed by atoms with Crippen LogP contribution in [-0.4, -0.2) is 56.5 Å². The van der Waals surface area contributed by atoms with Crippen molar-refractivity contribution in [3.05, 3.63) is 72.1 Å². The van der Waals surface area contributed by atoms with Crippen LogP contribution < -0.4 is 11.5 Å². The minimum Gasteiger partial charge on any atom is -0.320 e. The third-order valence-corrected chi connectivity index (χ3v) is 11.1. The molecule has 0 unspecified atom stereocenters. The molecule has 5 N–H and O–H groups in total. The highest BCUT2D eigenvalue weighted by Gasteiger charge is 2.57. The van der Waals surface area contributed by atoms with Crippen LogP contribution >= 0.6 is 0 Å². The van der Waals surface area contributed by atoms with Gasteiger partial charge in [-0.25, -0.2) is 14.4 Å². The first-order chi connectivity index (χ1) is 21.5. The van der Waals surface area contributed by atoms with E-state index in [9.17, 15) is 4.79 Å². The monoisotopic (exact) mass is 607 g/mol. The van der Waals surface area contributed by atoms with Crippen molar-refractivity contribution in [1.29, 1.82) is 0 Å². The van der Waals surface area contributed by atoms with E-state index in [2.05, 4.69) is 35.3 Å². The third kappa shape index (κ3) is 4.75. The van der Waals surface area contributed by atoms with Crippen LogP contribution in [0.5, 0.6) is 0 Å². The van der Waals surface area contributed by atoms with Crippen LogP contribution in [0.4, 0.5) is 4.39 Å². The number of aromatic amines is 1. The Balaban J connectivity index is 1.37. The zero-order valence-electron chi connectivity index (χ0n) is 26.3. The number of H-pyrrole nitrogens is 1. The summed E-state index contributed by atoms with van der Waals surface area (Å²) >= 11 is 0. The molecular weight excluding hydrogens is 565 g/mol. The highest BCUT2D eigenvalue weighted by molar-refractivity contribution is 6.02. The molecule has 4 aromatic rings. The lowest BCUT2D eigenvalue weighted by molar-refractivity contribution is -0.130. The Labute approximate surface area is 263 Å². The maximum absolute atomic E-state index is 17.2. The number of benzene rings is 2. The number of likely N-dealkylation sites (tertiary alicyclic amines) is 1. The van der Waals surface area contributed by atoms with Crippen molar-refractivity contribution in [2.24, 2.45) is 16.9 Å². The number of ketones is 1. The van der Waals surface area contributed by atoms with Gasteiger partial charge in [0.2, 0.25) is 0 Å². The topological polar surface area (TPSA) is 127 Å². The summed E-state index contributed by atoms with van der Waals surface area (Å²) in [6.07, 6.45) is 10.9. The first-order valence-corrected chi connectivity index (χ1v) is 16.0. The molecule has 7 rings (SSSR count). The van der Waals surface area contributed by atoms with Crippen molar-refractivity contribution >= 4 is 33.7 Å². The summed E-state index contributed by atoms with van der Waals surface area (Å²) in [5.74, 6) is 0.319. The van der Waals surface area contributed by atoms with Gasteiger partial charge in [-0.05, 0) is 119 Å². The number of carbonyl (C=O) groups is 1. The molecule has 3 fully saturated rings.